The first-order chi connectivity index (χ1) is 11.9. The third kappa shape index (κ3) is 5.71. The fraction of sp³-hybridized carbons (Fsp3) is 0.895. The first-order valence-electron chi connectivity index (χ1n) is 9.81. The third-order valence-electron chi connectivity index (χ3n) is 5.71. The summed E-state index contributed by atoms with van der Waals surface area (Å²) in [5, 5.41) is 7.04. The Balaban J connectivity index is 0.00000338. The van der Waals surface area contributed by atoms with Crippen LogP contribution in [0.4, 0.5) is 0 Å². The lowest BCUT2D eigenvalue weighted by molar-refractivity contribution is -0.129. The van der Waals surface area contributed by atoms with E-state index in [1.54, 1.807) is 7.05 Å². The highest BCUT2D eigenvalue weighted by atomic mass is 127. The van der Waals surface area contributed by atoms with Gasteiger partial charge in [0.1, 0.15) is 0 Å². The number of hydrogen-bond acceptors (Lipinski definition) is 3. The molecule has 1 heterocycles. The van der Waals surface area contributed by atoms with Gasteiger partial charge in [-0.05, 0) is 19.3 Å². The van der Waals surface area contributed by atoms with Crippen LogP contribution in [0.3, 0.4) is 0 Å². The number of carbonyl (C=O) groups is 1. The smallest absolute Gasteiger partial charge is 0.222 e. The normalized spacial score (nSPS) is 27.5. The zero-order chi connectivity index (χ0) is 18.4. The van der Waals surface area contributed by atoms with E-state index in [0.29, 0.717) is 18.6 Å². The van der Waals surface area contributed by atoms with Gasteiger partial charge in [0.05, 0.1) is 6.10 Å². The number of amides is 1. The molecule has 2 fully saturated rings. The summed E-state index contributed by atoms with van der Waals surface area (Å²) in [5.41, 5.74) is 0.102. The Morgan fingerprint density at radius 3 is 2.62 bits per heavy atom. The van der Waals surface area contributed by atoms with Crippen molar-refractivity contribution in [3.8, 4) is 0 Å². The van der Waals surface area contributed by atoms with Crippen LogP contribution >= 0.6 is 24.0 Å². The predicted molar refractivity (Wildman–Crippen MR) is 117 cm³/mol. The van der Waals surface area contributed by atoms with Gasteiger partial charge in [0, 0.05) is 50.7 Å². The molecular formula is C19H37IN4O2. The summed E-state index contributed by atoms with van der Waals surface area (Å²) in [5.74, 6) is 1.07. The van der Waals surface area contributed by atoms with Gasteiger partial charge in [0.2, 0.25) is 5.91 Å². The Hall–Kier alpha value is -0.570. The molecule has 152 valence electrons. The molecule has 0 aromatic carbocycles. The number of halogens is 1. The molecule has 0 bridgehead atoms. The van der Waals surface area contributed by atoms with Crippen LogP contribution in [0, 0.1) is 5.41 Å². The third-order valence-corrected chi connectivity index (χ3v) is 5.71. The summed E-state index contributed by atoms with van der Waals surface area (Å²) < 4.78 is 6.02. The van der Waals surface area contributed by atoms with E-state index in [-0.39, 0.29) is 41.3 Å². The van der Waals surface area contributed by atoms with Crippen molar-refractivity contribution in [2.75, 3.05) is 26.7 Å². The molecule has 0 aromatic rings. The summed E-state index contributed by atoms with van der Waals surface area (Å²) in [7, 11) is 1.81. The first-order valence-corrected chi connectivity index (χ1v) is 9.81. The SMILES string of the molecule is CCCCOC1CC(NC(=NC)NC2CCN(C(=O)CC)C2)C1(C)C.I. The maximum absolute atomic E-state index is 11.8. The molecule has 2 aliphatic rings. The molecule has 26 heavy (non-hydrogen) atoms. The molecule has 3 unspecified atom stereocenters. The number of nitrogens with zero attached hydrogens (tertiary/aromatic N) is 2. The second kappa shape index (κ2) is 10.7. The number of hydrogen-bond donors (Lipinski definition) is 2. The number of aliphatic imine (C=N–C) groups is 1. The van der Waals surface area contributed by atoms with Gasteiger partial charge in [-0.3, -0.25) is 9.79 Å². The van der Waals surface area contributed by atoms with Crippen LogP contribution in [0.25, 0.3) is 0 Å². The number of likely N-dealkylation sites (tertiary alicyclic amines) is 1. The van der Waals surface area contributed by atoms with Gasteiger partial charge in [0.25, 0.3) is 0 Å². The zero-order valence-corrected chi connectivity index (χ0v) is 19.3. The van der Waals surface area contributed by atoms with Crippen LogP contribution < -0.4 is 10.6 Å². The Bertz CT molecular complexity index is 484. The number of carbonyl (C=O) groups excluding carboxylic acids is 1. The minimum absolute atomic E-state index is 0. The molecule has 0 aromatic heterocycles. The van der Waals surface area contributed by atoms with Crippen molar-refractivity contribution in [3.05, 3.63) is 0 Å². The lowest BCUT2D eigenvalue weighted by Gasteiger charge is -2.52. The molecule has 1 amide bonds. The van der Waals surface area contributed by atoms with Crippen molar-refractivity contribution in [1.82, 2.24) is 15.5 Å². The van der Waals surface area contributed by atoms with Gasteiger partial charge in [-0.15, -0.1) is 24.0 Å². The predicted octanol–water partition coefficient (Wildman–Crippen LogP) is 2.76. The Morgan fingerprint density at radius 2 is 2.04 bits per heavy atom. The monoisotopic (exact) mass is 480 g/mol. The van der Waals surface area contributed by atoms with Crippen molar-refractivity contribution >= 4 is 35.8 Å². The van der Waals surface area contributed by atoms with E-state index in [1.165, 1.54) is 6.42 Å². The van der Waals surface area contributed by atoms with Crippen LogP contribution in [0.15, 0.2) is 4.99 Å². The van der Waals surface area contributed by atoms with Gasteiger partial charge < -0.3 is 20.3 Å². The molecule has 3 atom stereocenters. The molecule has 0 spiro atoms. The number of unbranched alkanes of at least 4 members (excludes halogenated alkanes) is 1. The molecule has 7 heteroatoms. The first kappa shape index (κ1) is 23.5. The quantitative estimate of drug-likeness (QED) is 0.255. The van der Waals surface area contributed by atoms with Crippen LogP contribution in [0.1, 0.15) is 59.8 Å². The van der Waals surface area contributed by atoms with Crippen molar-refractivity contribution in [2.24, 2.45) is 10.4 Å². The highest BCUT2D eigenvalue weighted by Crippen LogP contribution is 2.42. The molecule has 2 N–H and O–H groups in total. The second-order valence-corrected chi connectivity index (χ2v) is 7.86. The maximum Gasteiger partial charge on any atom is 0.222 e. The molecule has 2 rings (SSSR count). The van der Waals surface area contributed by atoms with Crippen LogP contribution in [0.2, 0.25) is 0 Å². The Morgan fingerprint density at radius 1 is 1.31 bits per heavy atom. The summed E-state index contributed by atoms with van der Waals surface area (Å²) in [6.45, 7) is 11.1. The van der Waals surface area contributed by atoms with E-state index in [0.717, 1.165) is 44.9 Å². The fourth-order valence-electron chi connectivity index (χ4n) is 3.64. The minimum Gasteiger partial charge on any atom is -0.378 e. The van der Waals surface area contributed by atoms with Gasteiger partial charge >= 0.3 is 0 Å². The van der Waals surface area contributed by atoms with Gasteiger partial charge in [-0.2, -0.15) is 0 Å². The van der Waals surface area contributed by atoms with Crippen LogP contribution in [-0.2, 0) is 9.53 Å². The number of guanidine groups is 1. The van der Waals surface area contributed by atoms with Crippen molar-refractivity contribution in [3.63, 3.8) is 0 Å². The summed E-state index contributed by atoms with van der Waals surface area (Å²) in [6.07, 6.45) is 5.19. The molecule has 1 aliphatic heterocycles. The van der Waals surface area contributed by atoms with E-state index >= 15 is 0 Å². The number of nitrogens with one attached hydrogen (secondary N) is 2. The molecule has 1 saturated heterocycles. The van der Waals surface area contributed by atoms with Crippen molar-refractivity contribution in [2.45, 2.75) is 78.0 Å². The van der Waals surface area contributed by atoms with Crippen molar-refractivity contribution < 1.29 is 9.53 Å². The largest absolute Gasteiger partial charge is 0.378 e. The Labute approximate surface area is 175 Å². The van der Waals surface area contributed by atoms with Crippen LogP contribution in [-0.4, -0.2) is 61.7 Å². The molecule has 0 radical (unpaired) electrons. The second-order valence-electron chi connectivity index (χ2n) is 7.86. The molecule has 1 aliphatic carbocycles. The van der Waals surface area contributed by atoms with Gasteiger partial charge in [-0.25, -0.2) is 0 Å². The average Bonchev–Trinajstić information content (AvgIpc) is 3.07. The van der Waals surface area contributed by atoms with E-state index in [1.807, 2.05) is 11.8 Å². The average molecular weight is 480 g/mol. The lowest BCUT2D eigenvalue weighted by Crippen LogP contribution is -2.64. The summed E-state index contributed by atoms with van der Waals surface area (Å²) >= 11 is 0. The Kier molecular flexibility index (Phi) is 9.64. The maximum atomic E-state index is 11.8. The summed E-state index contributed by atoms with van der Waals surface area (Å²) in [4.78, 5) is 18.1. The van der Waals surface area contributed by atoms with E-state index in [2.05, 4.69) is 36.4 Å². The fourth-order valence-corrected chi connectivity index (χ4v) is 3.64. The number of rotatable bonds is 7. The zero-order valence-electron chi connectivity index (χ0n) is 17.0. The lowest BCUT2D eigenvalue weighted by atomic mass is 9.64. The molecular weight excluding hydrogens is 443 g/mol. The number of ether oxygens (including phenoxy) is 1. The van der Waals surface area contributed by atoms with E-state index < -0.39 is 0 Å². The highest BCUT2D eigenvalue weighted by Gasteiger charge is 2.49. The topological polar surface area (TPSA) is 66.0 Å². The van der Waals surface area contributed by atoms with Gasteiger partial charge in [0.15, 0.2) is 5.96 Å². The molecule has 6 nitrogen and oxygen atoms in total. The van der Waals surface area contributed by atoms with Gasteiger partial charge in [-0.1, -0.05) is 34.1 Å². The van der Waals surface area contributed by atoms with Crippen LogP contribution in [0.5, 0.6) is 0 Å². The molecule has 1 saturated carbocycles. The van der Waals surface area contributed by atoms with E-state index in [4.69, 9.17) is 4.74 Å². The highest BCUT2D eigenvalue weighted by molar-refractivity contribution is 14.0. The summed E-state index contributed by atoms with van der Waals surface area (Å²) in [6, 6.07) is 0.640. The standard InChI is InChI=1S/C19H36N4O2.HI/c1-6-8-11-25-16-12-15(19(16,3)4)22-18(20-5)21-14-9-10-23(13-14)17(24)7-2;/h14-16H,6-13H2,1-5H3,(H2,20,21,22);1H. The minimum atomic E-state index is 0. The van der Waals surface area contributed by atoms with Crippen molar-refractivity contribution in [1.29, 1.82) is 0 Å². The van der Waals surface area contributed by atoms with E-state index in [9.17, 15) is 4.79 Å².